The molecule has 0 aliphatic carbocycles. The highest BCUT2D eigenvalue weighted by Gasteiger charge is 2.44. The minimum Gasteiger partial charge on any atom is -0.872 e. The maximum Gasteiger partial charge on any atom is 0.295 e. The zero-order chi connectivity index (χ0) is 28.8. The van der Waals surface area contributed by atoms with Crippen LogP contribution < -0.4 is 14.7 Å². The number of benzene rings is 3. The fourth-order valence-corrected chi connectivity index (χ4v) is 5.66. The minimum atomic E-state index is -0.707. The number of aryl methyl sites for hydroxylation is 2. The lowest BCUT2D eigenvalue weighted by Gasteiger charge is -2.29. The van der Waals surface area contributed by atoms with E-state index in [1.165, 1.54) is 4.90 Å². The van der Waals surface area contributed by atoms with E-state index in [9.17, 15) is 14.7 Å². The summed E-state index contributed by atoms with van der Waals surface area (Å²) in [4.78, 5) is 29.8. The predicted molar refractivity (Wildman–Crippen MR) is 155 cm³/mol. The monoisotopic (exact) mass is 554 g/mol. The lowest BCUT2D eigenvalue weighted by molar-refractivity contribution is -0.908. The summed E-state index contributed by atoms with van der Waals surface area (Å²) in [6.07, 6.45) is 1.62. The summed E-state index contributed by atoms with van der Waals surface area (Å²) in [6, 6.07) is 22.3. The van der Waals surface area contributed by atoms with Crippen LogP contribution in [0.15, 0.2) is 78.4 Å². The molecule has 41 heavy (non-hydrogen) atoms. The van der Waals surface area contributed by atoms with Crippen molar-refractivity contribution in [2.24, 2.45) is 0 Å². The normalized spacial score (nSPS) is 19.1. The Morgan fingerprint density at radius 2 is 1.73 bits per heavy atom. The van der Waals surface area contributed by atoms with Crippen molar-refractivity contribution in [1.29, 1.82) is 0 Å². The number of carbonyl (C=O) groups excluding carboxylic acids is 2. The predicted octanol–water partition coefficient (Wildman–Crippen LogP) is 2.67. The smallest absolute Gasteiger partial charge is 0.295 e. The van der Waals surface area contributed by atoms with Crippen molar-refractivity contribution in [2.75, 3.05) is 39.4 Å². The van der Waals surface area contributed by atoms with Crippen LogP contribution in [-0.2, 0) is 27.4 Å². The molecule has 5 rings (SSSR count). The Kier molecular flexibility index (Phi) is 9.17. The van der Waals surface area contributed by atoms with Gasteiger partial charge in [-0.2, -0.15) is 0 Å². The number of rotatable bonds is 10. The number of quaternary nitrogens is 1. The van der Waals surface area contributed by atoms with E-state index < -0.39 is 23.5 Å². The Hall–Kier alpha value is -3.94. The summed E-state index contributed by atoms with van der Waals surface area (Å²) in [7, 11) is 0. The fraction of sp³-hybridized carbons (Fsp3) is 0.353. The van der Waals surface area contributed by atoms with Crippen LogP contribution in [0, 0.1) is 6.92 Å². The number of morpholine rings is 1. The van der Waals surface area contributed by atoms with Gasteiger partial charge in [0.1, 0.15) is 25.4 Å². The highest BCUT2D eigenvalue weighted by molar-refractivity contribution is 6.46. The second-order valence-corrected chi connectivity index (χ2v) is 10.8. The van der Waals surface area contributed by atoms with Gasteiger partial charge in [0.2, 0.25) is 5.78 Å². The van der Waals surface area contributed by atoms with Crippen LogP contribution in [0.4, 0.5) is 0 Å². The molecule has 0 bridgehead atoms. The fourth-order valence-electron chi connectivity index (χ4n) is 5.66. The number of nitrogens with one attached hydrogen (secondary N) is 1. The molecule has 2 aliphatic heterocycles. The topological polar surface area (TPSA) is 83.3 Å². The van der Waals surface area contributed by atoms with Crippen molar-refractivity contribution in [1.82, 2.24) is 4.90 Å². The first-order valence-electron chi connectivity index (χ1n) is 14.5. The third-order valence-electron chi connectivity index (χ3n) is 8.05. The maximum atomic E-state index is 14.0. The molecule has 0 saturated carbocycles. The Bertz CT molecular complexity index is 1390. The molecule has 214 valence electrons. The largest absolute Gasteiger partial charge is 0.872 e. The Labute approximate surface area is 242 Å². The quantitative estimate of drug-likeness (QED) is 0.237. The summed E-state index contributed by atoms with van der Waals surface area (Å²) in [5.74, 6) is -1.07. The molecular weight excluding hydrogens is 516 g/mol. The van der Waals surface area contributed by atoms with Crippen LogP contribution >= 0.6 is 0 Å². The molecule has 2 aliphatic rings. The van der Waals surface area contributed by atoms with Crippen molar-refractivity contribution in [3.8, 4) is 5.75 Å². The molecule has 2 saturated heterocycles. The van der Waals surface area contributed by atoms with Gasteiger partial charge in [0.05, 0.1) is 25.8 Å². The van der Waals surface area contributed by atoms with Crippen molar-refractivity contribution in [3.63, 3.8) is 0 Å². The van der Waals surface area contributed by atoms with Gasteiger partial charge in [0.15, 0.2) is 0 Å². The van der Waals surface area contributed by atoms with E-state index >= 15 is 0 Å². The first kappa shape index (κ1) is 28.6. The first-order chi connectivity index (χ1) is 20.0. The molecule has 7 heteroatoms. The van der Waals surface area contributed by atoms with E-state index in [2.05, 4.69) is 6.92 Å². The van der Waals surface area contributed by atoms with Gasteiger partial charge >= 0.3 is 0 Å². The highest BCUT2D eigenvalue weighted by atomic mass is 16.5. The van der Waals surface area contributed by atoms with E-state index in [4.69, 9.17) is 9.47 Å². The Morgan fingerprint density at radius 1 is 1.00 bits per heavy atom. The standard InChI is InChI=1S/C34H38N2O5/c1-3-25-10-12-27(13-11-25)31-30(33(38)34(39)36(31)17-7-16-35-18-20-40-21-19-35)32(37)29-15-14-28(22-24(29)2)41-23-26-8-5-4-6-9-26/h4-6,8-15,22,31,37H,3,7,16-21,23H2,1-2H3. The van der Waals surface area contributed by atoms with Crippen LogP contribution in [0.5, 0.6) is 5.75 Å². The number of amides is 1. The molecule has 7 nitrogen and oxygen atoms in total. The summed E-state index contributed by atoms with van der Waals surface area (Å²) in [5, 5.41) is 14.0. The summed E-state index contributed by atoms with van der Waals surface area (Å²) in [6.45, 7) is 8.98. The zero-order valence-corrected chi connectivity index (χ0v) is 23.9. The van der Waals surface area contributed by atoms with E-state index in [1.54, 1.807) is 17.0 Å². The third kappa shape index (κ3) is 6.53. The lowest BCUT2D eigenvalue weighted by atomic mass is 9.93. The molecule has 0 aromatic heterocycles. The van der Waals surface area contributed by atoms with E-state index in [0.717, 1.165) is 62.4 Å². The number of carbonyl (C=O) groups is 2. The maximum absolute atomic E-state index is 14.0. The van der Waals surface area contributed by atoms with Crippen LogP contribution in [-0.4, -0.2) is 56.0 Å². The molecule has 0 spiro atoms. The number of hydrogen-bond donors (Lipinski definition) is 1. The molecule has 2 heterocycles. The first-order valence-corrected chi connectivity index (χ1v) is 14.5. The van der Waals surface area contributed by atoms with Gasteiger partial charge in [-0.25, -0.2) is 0 Å². The Balaban J connectivity index is 1.43. The van der Waals surface area contributed by atoms with Crippen molar-refractivity contribution in [2.45, 2.75) is 39.3 Å². The molecule has 1 unspecified atom stereocenters. The molecule has 3 aromatic carbocycles. The number of nitrogens with zero attached hydrogens (tertiary/aromatic N) is 1. The van der Waals surface area contributed by atoms with E-state index in [0.29, 0.717) is 30.0 Å². The molecule has 1 atom stereocenters. The number of ether oxygens (including phenoxy) is 2. The Morgan fingerprint density at radius 3 is 2.41 bits per heavy atom. The summed E-state index contributed by atoms with van der Waals surface area (Å²) >= 11 is 0. The number of likely N-dealkylation sites (tertiary alicyclic amines) is 1. The molecular formula is C34H38N2O5. The van der Waals surface area contributed by atoms with E-state index in [-0.39, 0.29) is 5.57 Å². The average Bonchev–Trinajstić information content (AvgIpc) is 3.26. The zero-order valence-electron chi connectivity index (χ0n) is 23.9. The minimum absolute atomic E-state index is 0.0269. The molecule has 2 fully saturated rings. The van der Waals surface area contributed by atoms with Crippen molar-refractivity contribution >= 4 is 17.4 Å². The second kappa shape index (κ2) is 13.1. The van der Waals surface area contributed by atoms with Crippen LogP contribution in [0.2, 0.25) is 0 Å². The van der Waals surface area contributed by atoms with Crippen LogP contribution in [0.25, 0.3) is 5.76 Å². The molecule has 1 amide bonds. The van der Waals surface area contributed by atoms with Gasteiger partial charge in [-0.1, -0.05) is 73.3 Å². The average molecular weight is 555 g/mol. The highest BCUT2D eigenvalue weighted by Crippen LogP contribution is 2.39. The molecule has 1 N–H and O–H groups in total. The summed E-state index contributed by atoms with van der Waals surface area (Å²) < 4.78 is 11.4. The lowest BCUT2D eigenvalue weighted by Crippen LogP contribution is -3.14. The van der Waals surface area contributed by atoms with Gasteiger partial charge in [0.25, 0.3) is 5.91 Å². The second-order valence-electron chi connectivity index (χ2n) is 10.8. The van der Waals surface area contributed by atoms with Gasteiger partial charge < -0.3 is 24.4 Å². The molecule has 3 aromatic rings. The van der Waals surface area contributed by atoms with Gasteiger partial charge in [-0.15, -0.1) is 0 Å². The third-order valence-corrected chi connectivity index (χ3v) is 8.05. The number of Topliss-reactive ketones (excluding diaryl/α,β-unsaturated/α-hetero) is 1. The van der Waals surface area contributed by atoms with Crippen molar-refractivity contribution in [3.05, 3.63) is 106 Å². The van der Waals surface area contributed by atoms with E-state index in [1.807, 2.05) is 67.6 Å². The number of ketones is 1. The van der Waals surface area contributed by atoms with Crippen molar-refractivity contribution < 1.29 is 29.1 Å². The van der Waals surface area contributed by atoms with Crippen LogP contribution in [0.3, 0.4) is 0 Å². The van der Waals surface area contributed by atoms with Crippen LogP contribution in [0.1, 0.15) is 47.2 Å². The summed E-state index contributed by atoms with van der Waals surface area (Å²) in [5.41, 5.74) is 4.11. The number of hydrogen-bond acceptors (Lipinski definition) is 5. The van der Waals surface area contributed by atoms with Gasteiger partial charge in [-0.05, 0) is 53.3 Å². The SMILES string of the molecule is CCc1ccc(C2C(=C([O-])c3ccc(OCc4ccccc4)cc3C)C(=O)C(=O)N2CCC[NH+]2CCOCC2)cc1. The molecule has 0 radical (unpaired) electrons. The van der Waals surface area contributed by atoms with Gasteiger partial charge in [-0.3, -0.25) is 9.59 Å². The van der Waals surface area contributed by atoms with Gasteiger partial charge in [0, 0.05) is 18.5 Å².